The Balaban J connectivity index is 1.57. The van der Waals surface area contributed by atoms with E-state index in [4.69, 9.17) is 14.5 Å². The summed E-state index contributed by atoms with van der Waals surface area (Å²) in [5, 5.41) is 12.8. The monoisotopic (exact) mass is 517 g/mol. The van der Waals surface area contributed by atoms with Gasteiger partial charge in [0.15, 0.2) is 0 Å². The molecule has 0 radical (unpaired) electrons. The van der Waals surface area contributed by atoms with E-state index in [9.17, 15) is 5.26 Å². The summed E-state index contributed by atoms with van der Waals surface area (Å²) in [5.74, 6) is 1.66. The van der Waals surface area contributed by atoms with Crippen molar-refractivity contribution in [3.63, 3.8) is 0 Å². The third-order valence-corrected chi connectivity index (χ3v) is 6.85. The summed E-state index contributed by atoms with van der Waals surface area (Å²) in [4.78, 5) is 7.13. The van der Waals surface area contributed by atoms with E-state index in [-0.39, 0.29) is 0 Å². The van der Waals surface area contributed by atoms with Crippen LogP contribution >= 0.6 is 0 Å². The van der Waals surface area contributed by atoms with Crippen molar-refractivity contribution in [1.29, 1.82) is 5.26 Å². The smallest absolute Gasteiger partial charge is 0.118 e. The predicted octanol–water partition coefficient (Wildman–Crippen LogP) is 6.72. The van der Waals surface area contributed by atoms with E-state index in [1.54, 1.807) is 14.2 Å². The minimum atomic E-state index is 0.644. The van der Waals surface area contributed by atoms with Gasteiger partial charge in [-0.25, -0.2) is 4.98 Å². The van der Waals surface area contributed by atoms with Crippen LogP contribution in [0.25, 0.3) is 11.0 Å². The molecule has 0 atom stereocenters. The number of fused-ring (bicyclic) bond motifs is 1. The zero-order chi connectivity index (χ0) is 27.4. The normalized spacial score (nSPS) is 10.7. The molecule has 7 heteroatoms. The van der Waals surface area contributed by atoms with Gasteiger partial charge >= 0.3 is 0 Å². The minimum Gasteiger partial charge on any atom is -0.497 e. The number of aryl methyl sites for hydroxylation is 2. The van der Waals surface area contributed by atoms with Gasteiger partial charge in [0.25, 0.3) is 0 Å². The first-order valence-corrected chi connectivity index (χ1v) is 12.7. The second kappa shape index (κ2) is 11.2. The Morgan fingerprint density at radius 1 is 0.872 bits per heavy atom. The average molecular weight is 518 g/mol. The number of rotatable bonds is 9. The molecule has 39 heavy (non-hydrogen) atoms. The molecular weight excluding hydrogens is 486 g/mol. The van der Waals surface area contributed by atoms with Crippen molar-refractivity contribution < 1.29 is 9.47 Å². The summed E-state index contributed by atoms with van der Waals surface area (Å²) in [7, 11) is 5.36. The van der Waals surface area contributed by atoms with E-state index in [1.807, 2.05) is 67.3 Å². The maximum absolute atomic E-state index is 9.27. The maximum Gasteiger partial charge on any atom is 0.118 e. The summed E-state index contributed by atoms with van der Waals surface area (Å²) in [6, 6.07) is 28.5. The zero-order valence-electron chi connectivity index (χ0n) is 22.6. The number of nitrogens with one attached hydrogen (secondary N) is 1. The number of nitrogens with zero attached hydrogens (tertiary/aromatic N) is 4. The lowest BCUT2D eigenvalue weighted by atomic mass is 10.1. The third-order valence-electron chi connectivity index (χ3n) is 6.85. The van der Waals surface area contributed by atoms with Crippen LogP contribution in [0.4, 0.5) is 17.1 Å². The second-order valence-corrected chi connectivity index (χ2v) is 9.54. The lowest BCUT2D eigenvalue weighted by molar-refractivity contribution is 0.414. The van der Waals surface area contributed by atoms with Crippen LogP contribution in [0.2, 0.25) is 0 Å². The maximum atomic E-state index is 9.27. The summed E-state index contributed by atoms with van der Waals surface area (Å²) in [6.45, 7) is 3.37. The van der Waals surface area contributed by atoms with Crippen molar-refractivity contribution in [2.45, 2.75) is 20.0 Å². The topological polar surface area (TPSA) is 75.3 Å². The molecule has 0 unspecified atom stereocenters. The minimum absolute atomic E-state index is 0.644. The van der Waals surface area contributed by atoms with Gasteiger partial charge < -0.3 is 24.3 Å². The fraction of sp³-hybridized carbons (Fsp3) is 0.188. The summed E-state index contributed by atoms with van der Waals surface area (Å²) in [6.07, 6.45) is 1.85. The molecule has 0 aliphatic heterocycles. The second-order valence-electron chi connectivity index (χ2n) is 9.54. The molecule has 0 spiro atoms. The van der Waals surface area contributed by atoms with Crippen LogP contribution in [0.3, 0.4) is 0 Å². The molecule has 0 aliphatic rings. The fourth-order valence-corrected chi connectivity index (χ4v) is 4.68. The standard InChI is InChI=1S/C32H31N5O2/c1-22-15-25(18-33)9-14-29(22)35-26-16-30-32(34-21-36(30)2)31(17-26)37(19-23-5-10-27(38-3)11-6-23)20-24-7-12-28(39-4)13-8-24/h5-17,21,35H,19-20H2,1-4H3. The Hall–Kier alpha value is -4.96. The van der Waals surface area contributed by atoms with Gasteiger partial charge in [0.2, 0.25) is 0 Å². The SMILES string of the molecule is COc1ccc(CN(Cc2ccc(OC)cc2)c2cc(Nc3ccc(C#N)cc3C)cc3c2ncn3C)cc1. The van der Waals surface area contributed by atoms with Crippen LogP contribution in [-0.4, -0.2) is 23.8 Å². The fourth-order valence-electron chi connectivity index (χ4n) is 4.68. The van der Waals surface area contributed by atoms with Gasteiger partial charge in [0.1, 0.15) is 17.0 Å². The van der Waals surface area contributed by atoms with Gasteiger partial charge in [0, 0.05) is 31.5 Å². The quantitative estimate of drug-likeness (QED) is 0.234. The van der Waals surface area contributed by atoms with Crippen molar-refractivity contribution in [2.24, 2.45) is 7.05 Å². The van der Waals surface area contributed by atoms with Crippen molar-refractivity contribution >= 4 is 28.1 Å². The molecule has 0 aliphatic carbocycles. The highest BCUT2D eigenvalue weighted by Crippen LogP contribution is 2.34. The van der Waals surface area contributed by atoms with Crippen LogP contribution in [0.5, 0.6) is 11.5 Å². The van der Waals surface area contributed by atoms with E-state index >= 15 is 0 Å². The van der Waals surface area contributed by atoms with Crippen LogP contribution in [0.15, 0.2) is 85.2 Å². The van der Waals surface area contributed by atoms with E-state index in [0.717, 1.165) is 56.3 Å². The molecule has 1 heterocycles. The third kappa shape index (κ3) is 5.65. The van der Waals surface area contributed by atoms with Gasteiger partial charge in [-0.2, -0.15) is 5.26 Å². The van der Waals surface area contributed by atoms with Crippen molar-refractivity contribution in [2.75, 3.05) is 24.4 Å². The molecule has 1 aromatic heterocycles. The molecule has 1 N–H and O–H groups in total. The van der Waals surface area contributed by atoms with E-state index in [2.05, 4.69) is 52.7 Å². The molecule has 5 rings (SSSR count). The van der Waals surface area contributed by atoms with Gasteiger partial charge in [0.05, 0.1) is 43.4 Å². The molecular formula is C32H31N5O2. The summed E-state index contributed by atoms with van der Waals surface area (Å²) < 4.78 is 12.8. The predicted molar refractivity (Wildman–Crippen MR) is 156 cm³/mol. The molecule has 0 bridgehead atoms. The van der Waals surface area contributed by atoms with Crippen molar-refractivity contribution in [3.05, 3.63) is 107 Å². The van der Waals surface area contributed by atoms with Crippen LogP contribution < -0.4 is 19.7 Å². The Bertz CT molecular complexity index is 1580. The number of hydrogen-bond donors (Lipinski definition) is 1. The van der Waals surface area contributed by atoms with E-state index < -0.39 is 0 Å². The molecule has 0 saturated carbocycles. The number of hydrogen-bond acceptors (Lipinski definition) is 6. The molecule has 7 nitrogen and oxygen atoms in total. The number of anilines is 3. The van der Waals surface area contributed by atoms with E-state index in [0.29, 0.717) is 18.7 Å². The van der Waals surface area contributed by atoms with E-state index in [1.165, 1.54) is 0 Å². The largest absolute Gasteiger partial charge is 0.497 e. The van der Waals surface area contributed by atoms with Gasteiger partial charge in [-0.15, -0.1) is 0 Å². The number of benzene rings is 4. The molecule has 0 saturated heterocycles. The average Bonchev–Trinajstić information content (AvgIpc) is 3.34. The van der Waals surface area contributed by atoms with Crippen molar-refractivity contribution in [3.8, 4) is 17.6 Å². The molecule has 4 aromatic carbocycles. The first-order chi connectivity index (χ1) is 19.0. The Morgan fingerprint density at radius 3 is 2.03 bits per heavy atom. The number of ether oxygens (including phenoxy) is 2. The molecule has 0 fully saturated rings. The summed E-state index contributed by atoms with van der Waals surface area (Å²) >= 11 is 0. The van der Waals surface area contributed by atoms with Crippen molar-refractivity contribution in [1.82, 2.24) is 9.55 Å². The Morgan fingerprint density at radius 2 is 1.49 bits per heavy atom. The van der Waals surface area contributed by atoms with Gasteiger partial charge in [-0.05, 0) is 78.2 Å². The number of nitriles is 1. The highest BCUT2D eigenvalue weighted by molar-refractivity contribution is 5.93. The van der Waals surface area contributed by atoms with Gasteiger partial charge in [-0.3, -0.25) is 0 Å². The van der Waals surface area contributed by atoms with Crippen LogP contribution in [0, 0.1) is 18.3 Å². The Labute approximate surface area is 228 Å². The molecule has 196 valence electrons. The van der Waals surface area contributed by atoms with Gasteiger partial charge in [-0.1, -0.05) is 24.3 Å². The number of aromatic nitrogens is 2. The molecule has 0 amide bonds. The molecule has 5 aromatic rings. The highest BCUT2D eigenvalue weighted by Gasteiger charge is 2.17. The first kappa shape index (κ1) is 25.7. The summed E-state index contributed by atoms with van der Waals surface area (Å²) in [5.41, 5.74) is 8.86. The lowest BCUT2D eigenvalue weighted by Gasteiger charge is -2.27. The highest BCUT2D eigenvalue weighted by atomic mass is 16.5. The Kier molecular flexibility index (Phi) is 7.37. The first-order valence-electron chi connectivity index (χ1n) is 12.7. The van der Waals surface area contributed by atoms with Crippen LogP contribution in [-0.2, 0) is 20.1 Å². The number of methoxy groups -OCH3 is 2. The lowest BCUT2D eigenvalue weighted by Crippen LogP contribution is -2.22. The number of imidazole rings is 1. The van der Waals surface area contributed by atoms with Crippen LogP contribution in [0.1, 0.15) is 22.3 Å². The zero-order valence-corrected chi connectivity index (χ0v) is 22.6.